The summed E-state index contributed by atoms with van der Waals surface area (Å²) in [6.07, 6.45) is 0.395. The van der Waals surface area contributed by atoms with Crippen LogP contribution in [0.25, 0.3) is 0 Å². The van der Waals surface area contributed by atoms with Crippen LogP contribution in [0.1, 0.15) is 50.0 Å². The molecular weight excluding hydrogens is 396 g/mol. The minimum atomic E-state index is -0.208. The maximum Gasteiger partial charge on any atom is 0.257 e. The summed E-state index contributed by atoms with van der Waals surface area (Å²) in [6, 6.07) is 11.7. The summed E-state index contributed by atoms with van der Waals surface area (Å²) in [5.74, 6) is -0.150. The van der Waals surface area contributed by atoms with Gasteiger partial charge in [0.25, 0.3) is 5.91 Å². The zero-order valence-electron chi connectivity index (χ0n) is 17.5. The molecule has 2 amide bonds. The molecule has 0 saturated carbocycles. The van der Waals surface area contributed by atoms with Crippen LogP contribution in [0.15, 0.2) is 36.4 Å². The number of hydrogen-bond donors (Lipinski definition) is 1. The molecule has 1 aliphatic rings. The van der Waals surface area contributed by atoms with Crippen molar-refractivity contribution in [2.24, 2.45) is 0 Å². The lowest BCUT2D eigenvalue weighted by Gasteiger charge is -2.17. The maximum atomic E-state index is 12.6. The van der Waals surface area contributed by atoms with Gasteiger partial charge in [0.2, 0.25) is 11.0 Å². The summed E-state index contributed by atoms with van der Waals surface area (Å²) < 4.78 is 0. The van der Waals surface area contributed by atoms with Gasteiger partial charge in [0, 0.05) is 30.1 Å². The molecule has 1 aromatic heterocycles. The highest BCUT2D eigenvalue weighted by Crippen LogP contribution is 2.34. The van der Waals surface area contributed by atoms with Crippen molar-refractivity contribution < 1.29 is 9.59 Å². The van der Waals surface area contributed by atoms with Gasteiger partial charge in [-0.05, 0) is 74.2 Å². The molecule has 3 aromatic rings. The van der Waals surface area contributed by atoms with Crippen molar-refractivity contribution in [1.82, 2.24) is 10.2 Å². The Morgan fingerprint density at radius 1 is 1.00 bits per heavy atom. The van der Waals surface area contributed by atoms with Gasteiger partial charge in [0.15, 0.2) is 0 Å². The number of nitrogens with zero attached hydrogens (tertiary/aromatic N) is 3. The van der Waals surface area contributed by atoms with Crippen molar-refractivity contribution in [3.8, 4) is 0 Å². The Bertz CT molecular complexity index is 1140. The Kier molecular flexibility index (Phi) is 5.39. The van der Waals surface area contributed by atoms with Crippen LogP contribution in [0.5, 0.6) is 0 Å². The highest BCUT2D eigenvalue weighted by molar-refractivity contribution is 7.15. The Hall–Kier alpha value is -3.06. The first kappa shape index (κ1) is 20.2. The van der Waals surface area contributed by atoms with Crippen molar-refractivity contribution >= 4 is 34.0 Å². The summed E-state index contributed by atoms with van der Waals surface area (Å²) in [5.41, 5.74) is 6.08. The molecule has 1 aliphatic heterocycles. The largest absolute Gasteiger partial charge is 0.312 e. The molecule has 0 aliphatic carbocycles. The normalized spacial score (nSPS) is 16.2. The molecule has 7 heteroatoms. The quantitative estimate of drug-likeness (QED) is 0.672. The second kappa shape index (κ2) is 7.99. The standard InChI is InChI=1S/C23H24N4O2S/c1-13-5-7-17(9-15(13)3)21(29)24-23-26-25-22(30-23)18-11-20(28)27(12-18)19-8-6-14(2)16(4)10-19/h5-10,18H,11-12H2,1-4H3,(H,24,26,29). The first-order valence-electron chi connectivity index (χ1n) is 9.91. The molecule has 2 heterocycles. The van der Waals surface area contributed by atoms with E-state index in [0.717, 1.165) is 27.4 Å². The van der Waals surface area contributed by atoms with E-state index in [4.69, 9.17) is 0 Å². The van der Waals surface area contributed by atoms with Crippen LogP contribution >= 0.6 is 11.3 Å². The number of benzene rings is 2. The number of carbonyl (C=O) groups is 2. The predicted octanol–water partition coefficient (Wildman–Crippen LogP) is 4.54. The maximum absolute atomic E-state index is 12.6. The van der Waals surface area contributed by atoms with Crippen LogP contribution in [-0.2, 0) is 4.79 Å². The lowest BCUT2D eigenvalue weighted by molar-refractivity contribution is -0.117. The average Bonchev–Trinajstić information content (AvgIpc) is 3.32. The third kappa shape index (κ3) is 3.98. The molecule has 1 unspecified atom stereocenters. The minimum absolute atomic E-state index is 0.0242. The first-order valence-corrected chi connectivity index (χ1v) is 10.7. The Labute approximate surface area is 180 Å². The molecule has 4 rings (SSSR count). The van der Waals surface area contributed by atoms with Crippen LogP contribution in [-0.4, -0.2) is 28.6 Å². The summed E-state index contributed by atoms with van der Waals surface area (Å²) in [4.78, 5) is 26.9. The van der Waals surface area contributed by atoms with E-state index >= 15 is 0 Å². The zero-order chi connectivity index (χ0) is 21.4. The van der Waals surface area contributed by atoms with E-state index < -0.39 is 0 Å². The lowest BCUT2D eigenvalue weighted by Crippen LogP contribution is -2.24. The Balaban J connectivity index is 1.46. The number of rotatable bonds is 4. The SMILES string of the molecule is Cc1ccc(C(=O)Nc2nnc(C3CC(=O)N(c4ccc(C)c(C)c4)C3)s2)cc1C. The van der Waals surface area contributed by atoms with E-state index in [2.05, 4.69) is 22.4 Å². The van der Waals surface area contributed by atoms with Gasteiger partial charge >= 0.3 is 0 Å². The number of nitrogens with one attached hydrogen (secondary N) is 1. The number of carbonyl (C=O) groups excluding carboxylic acids is 2. The fourth-order valence-corrected chi connectivity index (χ4v) is 4.35. The highest BCUT2D eigenvalue weighted by atomic mass is 32.1. The van der Waals surface area contributed by atoms with E-state index in [1.165, 1.54) is 16.9 Å². The van der Waals surface area contributed by atoms with Gasteiger partial charge < -0.3 is 4.90 Å². The molecule has 0 spiro atoms. The van der Waals surface area contributed by atoms with E-state index in [1.807, 2.05) is 56.0 Å². The molecule has 1 saturated heterocycles. The lowest BCUT2D eigenvalue weighted by atomic mass is 10.1. The molecule has 154 valence electrons. The molecule has 2 aromatic carbocycles. The van der Waals surface area contributed by atoms with Gasteiger partial charge in [-0.3, -0.25) is 14.9 Å². The molecule has 1 atom stereocenters. The van der Waals surface area contributed by atoms with Gasteiger partial charge in [0.05, 0.1) is 0 Å². The third-order valence-electron chi connectivity index (χ3n) is 5.71. The van der Waals surface area contributed by atoms with E-state index in [1.54, 1.807) is 6.07 Å². The highest BCUT2D eigenvalue weighted by Gasteiger charge is 2.34. The Morgan fingerprint density at radius 2 is 1.70 bits per heavy atom. The number of amides is 2. The predicted molar refractivity (Wildman–Crippen MR) is 119 cm³/mol. The molecule has 0 bridgehead atoms. The smallest absolute Gasteiger partial charge is 0.257 e. The van der Waals surface area contributed by atoms with Crippen molar-refractivity contribution in [2.75, 3.05) is 16.8 Å². The van der Waals surface area contributed by atoms with Crippen LogP contribution in [0.2, 0.25) is 0 Å². The van der Waals surface area contributed by atoms with Crippen LogP contribution < -0.4 is 10.2 Å². The number of aryl methyl sites for hydroxylation is 4. The number of hydrogen-bond acceptors (Lipinski definition) is 5. The average molecular weight is 421 g/mol. The molecule has 0 radical (unpaired) electrons. The summed E-state index contributed by atoms with van der Waals surface area (Å²) in [5, 5.41) is 12.4. The topological polar surface area (TPSA) is 75.2 Å². The number of aromatic nitrogens is 2. The number of anilines is 2. The summed E-state index contributed by atoms with van der Waals surface area (Å²) in [6.45, 7) is 8.67. The van der Waals surface area contributed by atoms with E-state index in [-0.39, 0.29) is 17.7 Å². The van der Waals surface area contributed by atoms with Crippen molar-refractivity contribution in [3.05, 3.63) is 69.2 Å². The van der Waals surface area contributed by atoms with E-state index in [9.17, 15) is 9.59 Å². The molecule has 30 heavy (non-hydrogen) atoms. The minimum Gasteiger partial charge on any atom is -0.312 e. The first-order chi connectivity index (χ1) is 14.3. The fraction of sp³-hybridized carbons (Fsp3) is 0.304. The third-order valence-corrected chi connectivity index (χ3v) is 6.71. The summed E-state index contributed by atoms with van der Waals surface area (Å²) in [7, 11) is 0. The van der Waals surface area contributed by atoms with Gasteiger partial charge in [-0.2, -0.15) is 0 Å². The zero-order valence-corrected chi connectivity index (χ0v) is 18.3. The second-order valence-corrected chi connectivity index (χ2v) is 8.88. The van der Waals surface area contributed by atoms with Crippen molar-refractivity contribution in [2.45, 2.75) is 40.0 Å². The molecule has 1 N–H and O–H groups in total. The molecular formula is C23H24N4O2S. The van der Waals surface area contributed by atoms with Crippen LogP contribution in [0.4, 0.5) is 10.8 Å². The molecule has 6 nitrogen and oxygen atoms in total. The van der Waals surface area contributed by atoms with Gasteiger partial charge in [-0.15, -0.1) is 10.2 Å². The fourth-order valence-electron chi connectivity index (χ4n) is 3.52. The van der Waals surface area contributed by atoms with E-state index in [0.29, 0.717) is 23.7 Å². The van der Waals surface area contributed by atoms with Gasteiger partial charge in [-0.1, -0.05) is 23.5 Å². The monoisotopic (exact) mass is 420 g/mol. The van der Waals surface area contributed by atoms with Gasteiger partial charge in [0.1, 0.15) is 5.01 Å². The van der Waals surface area contributed by atoms with Gasteiger partial charge in [-0.25, -0.2) is 0 Å². The van der Waals surface area contributed by atoms with Crippen LogP contribution in [0.3, 0.4) is 0 Å². The summed E-state index contributed by atoms with van der Waals surface area (Å²) >= 11 is 1.33. The van der Waals surface area contributed by atoms with Crippen molar-refractivity contribution in [1.29, 1.82) is 0 Å². The van der Waals surface area contributed by atoms with Crippen molar-refractivity contribution in [3.63, 3.8) is 0 Å². The molecule has 1 fully saturated rings. The second-order valence-electron chi connectivity index (χ2n) is 7.87. The Morgan fingerprint density at radius 3 is 2.40 bits per heavy atom. The van der Waals surface area contributed by atoms with Crippen LogP contribution in [0, 0.1) is 27.7 Å².